The first kappa shape index (κ1) is 14.6. The van der Waals surface area contributed by atoms with Crippen LogP contribution < -0.4 is 10.1 Å². The van der Waals surface area contributed by atoms with Crippen molar-refractivity contribution in [1.29, 1.82) is 0 Å². The monoisotopic (exact) mass is 283 g/mol. The normalized spacial score (nSPS) is 20.5. The van der Waals surface area contributed by atoms with Crippen LogP contribution in [0.15, 0.2) is 18.2 Å². The van der Waals surface area contributed by atoms with Gasteiger partial charge in [-0.2, -0.15) is 0 Å². The molecule has 1 aromatic carbocycles. The molecule has 19 heavy (non-hydrogen) atoms. The Morgan fingerprint density at radius 1 is 1.53 bits per heavy atom. The molecule has 1 aliphatic rings. The van der Waals surface area contributed by atoms with Crippen molar-refractivity contribution in [3.05, 3.63) is 28.8 Å². The Morgan fingerprint density at radius 2 is 2.37 bits per heavy atom. The molecule has 1 saturated heterocycles. The van der Waals surface area contributed by atoms with Crippen LogP contribution in [0.25, 0.3) is 0 Å². The second-order valence-corrected chi connectivity index (χ2v) is 5.38. The first-order valence-electron chi connectivity index (χ1n) is 6.90. The maximum atomic E-state index is 6.04. The topological polar surface area (TPSA) is 30.5 Å². The third-order valence-electron chi connectivity index (χ3n) is 3.58. The molecule has 2 atom stereocenters. The van der Waals surface area contributed by atoms with Crippen molar-refractivity contribution in [3.8, 4) is 5.75 Å². The molecular weight excluding hydrogens is 262 g/mol. The smallest absolute Gasteiger partial charge is 0.125 e. The molecule has 0 radical (unpaired) electrons. The molecule has 0 aromatic heterocycles. The Kier molecular flexibility index (Phi) is 5.49. The van der Waals surface area contributed by atoms with Gasteiger partial charge in [0.15, 0.2) is 0 Å². The summed E-state index contributed by atoms with van der Waals surface area (Å²) >= 11 is 6.04. The fraction of sp³-hybridized carbons (Fsp3) is 0.600. The first-order chi connectivity index (χ1) is 9.26. The highest BCUT2D eigenvalue weighted by atomic mass is 35.5. The van der Waals surface area contributed by atoms with E-state index in [0.29, 0.717) is 10.9 Å². The van der Waals surface area contributed by atoms with Gasteiger partial charge in [0.25, 0.3) is 0 Å². The third kappa shape index (κ3) is 3.62. The fourth-order valence-corrected chi connectivity index (χ4v) is 2.75. The van der Waals surface area contributed by atoms with Gasteiger partial charge in [0.05, 0.1) is 13.7 Å². The second kappa shape index (κ2) is 7.13. The van der Waals surface area contributed by atoms with Gasteiger partial charge in [0, 0.05) is 29.2 Å². The molecule has 1 aliphatic heterocycles. The van der Waals surface area contributed by atoms with Gasteiger partial charge in [-0.05, 0) is 31.5 Å². The molecule has 106 valence electrons. The molecule has 0 aliphatic carbocycles. The number of hydrogen-bond acceptors (Lipinski definition) is 3. The summed E-state index contributed by atoms with van der Waals surface area (Å²) in [5.74, 6) is 1.36. The van der Waals surface area contributed by atoms with Crippen LogP contribution >= 0.6 is 11.6 Å². The van der Waals surface area contributed by atoms with Gasteiger partial charge in [0.1, 0.15) is 5.75 Å². The average Bonchev–Trinajstić information content (AvgIpc) is 2.94. The molecule has 0 bridgehead atoms. The lowest BCUT2D eigenvalue weighted by Gasteiger charge is -2.26. The van der Waals surface area contributed by atoms with Crippen LogP contribution in [0.2, 0.25) is 5.02 Å². The summed E-state index contributed by atoms with van der Waals surface area (Å²) in [6, 6.07) is 6.14. The first-order valence-corrected chi connectivity index (χ1v) is 7.28. The molecule has 1 fully saturated rings. The minimum absolute atomic E-state index is 0.273. The van der Waals surface area contributed by atoms with E-state index < -0.39 is 0 Å². The van der Waals surface area contributed by atoms with Gasteiger partial charge < -0.3 is 14.8 Å². The maximum Gasteiger partial charge on any atom is 0.125 e. The molecular formula is C15H22ClNO2. The molecule has 0 spiro atoms. The highest BCUT2D eigenvalue weighted by Gasteiger charge is 2.28. The number of hydrogen-bond donors (Lipinski definition) is 1. The molecule has 0 amide bonds. The van der Waals surface area contributed by atoms with Crippen LogP contribution in [-0.4, -0.2) is 26.9 Å². The number of ether oxygens (including phenoxy) is 2. The van der Waals surface area contributed by atoms with Crippen molar-refractivity contribution >= 4 is 11.6 Å². The van der Waals surface area contributed by atoms with E-state index >= 15 is 0 Å². The zero-order valence-electron chi connectivity index (χ0n) is 11.6. The quantitative estimate of drug-likeness (QED) is 0.868. The van der Waals surface area contributed by atoms with E-state index in [1.54, 1.807) is 7.11 Å². The Bertz CT molecular complexity index is 405. The van der Waals surface area contributed by atoms with Crippen LogP contribution in [0.3, 0.4) is 0 Å². The van der Waals surface area contributed by atoms with Crippen LogP contribution in [0.1, 0.15) is 31.4 Å². The number of methoxy groups -OCH3 is 1. The molecule has 2 rings (SSSR count). The fourth-order valence-electron chi connectivity index (χ4n) is 2.59. The van der Waals surface area contributed by atoms with Gasteiger partial charge in [-0.1, -0.05) is 24.6 Å². The standard InChI is InChI=1S/C15H22ClNO2/c1-3-7-17-15(11-6-8-19-10-11)13-5-4-12(16)9-14(13)18-2/h4-5,9,11,15,17H,3,6-8,10H2,1-2H3. The Labute approximate surface area is 120 Å². The number of halogens is 1. The van der Waals surface area contributed by atoms with Crippen molar-refractivity contribution in [3.63, 3.8) is 0 Å². The maximum absolute atomic E-state index is 6.04. The van der Waals surface area contributed by atoms with Gasteiger partial charge >= 0.3 is 0 Å². The Balaban J connectivity index is 2.25. The highest BCUT2D eigenvalue weighted by Crippen LogP contribution is 2.35. The van der Waals surface area contributed by atoms with E-state index in [0.717, 1.165) is 38.3 Å². The number of benzene rings is 1. The van der Waals surface area contributed by atoms with Crippen molar-refractivity contribution in [2.24, 2.45) is 5.92 Å². The summed E-state index contributed by atoms with van der Waals surface area (Å²) in [6.07, 6.45) is 2.20. The molecule has 0 saturated carbocycles. The lowest BCUT2D eigenvalue weighted by Crippen LogP contribution is -2.29. The van der Waals surface area contributed by atoms with Crippen LogP contribution in [0.5, 0.6) is 5.75 Å². The van der Waals surface area contributed by atoms with E-state index in [9.17, 15) is 0 Å². The SMILES string of the molecule is CCCNC(c1ccc(Cl)cc1OC)C1CCOC1. The van der Waals surface area contributed by atoms with E-state index in [-0.39, 0.29) is 6.04 Å². The van der Waals surface area contributed by atoms with E-state index in [2.05, 4.69) is 18.3 Å². The van der Waals surface area contributed by atoms with Crippen molar-refractivity contribution < 1.29 is 9.47 Å². The molecule has 4 heteroatoms. The van der Waals surface area contributed by atoms with Crippen LogP contribution in [0.4, 0.5) is 0 Å². The molecule has 2 unspecified atom stereocenters. The molecule has 1 aromatic rings. The summed E-state index contributed by atoms with van der Waals surface area (Å²) < 4.78 is 11.0. The average molecular weight is 284 g/mol. The van der Waals surface area contributed by atoms with Crippen LogP contribution in [0, 0.1) is 5.92 Å². The van der Waals surface area contributed by atoms with Gasteiger partial charge in [-0.25, -0.2) is 0 Å². The van der Waals surface area contributed by atoms with Crippen LogP contribution in [-0.2, 0) is 4.74 Å². The minimum atomic E-state index is 0.273. The van der Waals surface area contributed by atoms with E-state index in [4.69, 9.17) is 21.1 Å². The molecule has 3 nitrogen and oxygen atoms in total. The van der Waals surface area contributed by atoms with Gasteiger partial charge in [-0.15, -0.1) is 0 Å². The second-order valence-electron chi connectivity index (χ2n) is 4.94. The predicted molar refractivity (Wildman–Crippen MR) is 78.0 cm³/mol. The molecule has 1 heterocycles. The predicted octanol–water partition coefficient (Wildman–Crippen LogP) is 3.43. The summed E-state index contributed by atoms with van der Waals surface area (Å²) in [6.45, 7) is 4.83. The zero-order valence-corrected chi connectivity index (χ0v) is 12.4. The lowest BCUT2D eigenvalue weighted by atomic mass is 9.91. The lowest BCUT2D eigenvalue weighted by molar-refractivity contribution is 0.176. The van der Waals surface area contributed by atoms with Crippen molar-refractivity contribution in [2.45, 2.75) is 25.8 Å². The summed E-state index contributed by atoms with van der Waals surface area (Å²) in [5, 5.41) is 4.32. The minimum Gasteiger partial charge on any atom is -0.496 e. The Hall–Kier alpha value is -0.770. The number of nitrogens with one attached hydrogen (secondary N) is 1. The highest BCUT2D eigenvalue weighted by molar-refractivity contribution is 6.30. The third-order valence-corrected chi connectivity index (χ3v) is 3.82. The summed E-state index contributed by atoms with van der Waals surface area (Å²) in [7, 11) is 1.69. The number of rotatable bonds is 6. The van der Waals surface area contributed by atoms with E-state index in [1.807, 2.05) is 12.1 Å². The van der Waals surface area contributed by atoms with Crippen molar-refractivity contribution in [2.75, 3.05) is 26.9 Å². The Morgan fingerprint density at radius 3 is 3.00 bits per heavy atom. The largest absolute Gasteiger partial charge is 0.496 e. The van der Waals surface area contributed by atoms with Gasteiger partial charge in [0.2, 0.25) is 0 Å². The summed E-state index contributed by atoms with van der Waals surface area (Å²) in [4.78, 5) is 0. The molecule has 1 N–H and O–H groups in total. The zero-order chi connectivity index (χ0) is 13.7. The van der Waals surface area contributed by atoms with Gasteiger partial charge in [-0.3, -0.25) is 0 Å². The summed E-state index contributed by atoms with van der Waals surface area (Å²) in [5.41, 5.74) is 1.18. The van der Waals surface area contributed by atoms with Crippen molar-refractivity contribution in [1.82, 2.24) is 5.32 Å². The van der Waals surface area contributed by atoms with E-state index in [1.165, 1.54) is 5.56 Å².